The van der Waals surface area contributed by atoms with Crippen molar-refractivity contribution < 1.29 is 4.74 Å². The highest BCUT2D eigenvalue weighted by atomic mass is 127. The quantitative estimate of drug-likeness (QED) is 0.825. The van der Waals surface area contributed by atoms with Gasteiger partial charge in [-0.25, -0.2) is 0 Å². The van der Waals surface area contributed by atoms with E-state index in [1.807, 2.05) is 0 Å². The van der Waals surface area contributed by atoms with E-state index in [1.165, 1.54) is 9.13 Å². The molecular weight excluding hydrogens is 325 g/mol. The van der Waals surface area contributed by atoms with Gasteiger partial charge in [0.25, 0.3) is 0 Å². The van der Waals surface area contributed by atoms with Gasteiger partial charge in [-0.05, 0) is 67.0 Å². The first-order chi connectivity index (χ1) is 8.19. The molecule has 1 aromatic carbocycles. The van der Waals surface area contributed by atoms with E-state index >= 15 is 0 Å². The molecule has 2 nitrogen and oxygen atoms in total. The molecule has 2 rings (SSSR count). The van der Waals surface area contributed by atoms with Crippen LogP contribution in [0.3, 0.4) is 0 Å². The molecule has 1 aromatic rings. The Morgan fingerprint density at radius 1 is 1.35 bits per heavy atom. The van der Waals surface area contributed by atoms with Crippen LogP contribution in [0.4, 0.5) is 0 Å². The molecule has 1 unspecified atom stereocenters. The third kappa shape index (κ3) is 3.66. The molecule has 94 valence electrons. The smallest absolute Gasteiger partial charge is 0.0604 e. The fourth-order valence-corrected chi connectivity index (χ4v) is 2.63. The fraction of sp³-hybridized carbons (Fsp3) is 0.571. The lowest BCUT2D eigenvalue weighted by Crippen LogP contribution is -2.46. The maximum Gasteiger partial charge on any atom is 0.0604 e. The minimum atomic E-state index is 0.430. The number of halogens is 1. The van der Waals surface area contributed by atoms with E-state index in [-0.39, 0.29) is 0 Å². The standard InChI is InChI=1S/C14H20INO/c1-3-17-14-8-13(9-14)16-10(2)11-4-6-12(15)7-5-11/h4-7,10,13-14,16H,3,8-9H2,1-2H3. The third-order valence-corrected chi connectivity index (χ3v) is 4.07. The number of nitrogens with one attached hydrogen (secondary N) is 1. The van der Waals surface area contributed by atoms with Gasteiger partial charge in [-0.1, -0.05) is 12.1 Å². The summed E-state index contributed by atoms with van der Waals surface area (Å²) in [6, 6.07) is 9.80. The number of ether oxygens (including phenoxy) is 1. The zero-order valence-electron chi connectivity index (χ0n) is 10.4. The molecule has 1 atom stereocenters. The van der Waals surface area contributed by atoms with Gasteiger partial charge in [-0.2, -0.15) is 0 Å². The lowest BCUT2D eigenvalue weighted by molar-refractivity contribution is -0.0120. The van der Waals surface area contributed by atoms with Crippen molar-refractivity contribution in [2.45, 2.75) is 44.9 Å². The average molecular weight is 345 g/mol. The Labute approximate surface area is 117 Å². The van der Waals surface area contributed by atoms with Crippen LogP contribution in [-0.4, -0.2) is 18.8 Å². The van der Waals surface area contributed by atoms with E-state index in [1.54, 1.807) is 0 Å². The molecule has 1 aliphatic rings. The number of rotatable bonds is 5. The predicted octanol–water partition coefficient (Wildman–Crippen LogP) is 3.51. The van der Waals surface area contributed by atoms with Crippen LogP contribution in [0.15, 0.2) is 24.3 Å². The Morgan fingerprint density at radius 2 is 2.00 bits per heavy atom. The molecule has 1 saturated carbocycles. The Morgan fingerprint density at radius 3 is 2.59 bits per heavy atom. The second-order valence-corrected chi connectivity index (χ2v) is 5.93. The Balaban J connectivity index is 1.78. The first-order valence-corrected chi connectivity index (χ1v) is 7.40. The predicted molar refractivity (Wildman–Crippen MR) is 79.1 cm³/mol. The fourth-order valence-electron chi connectivity index (χ4n) is 2.27. The zero-order valence-corrected chi connectivity index (χ0v) is 12.6. The van der Waals surface area contributed by atoms with Crippen molar-refractivity contribution in [3.63, 3.8) is 0 Å². The van der Waals surface area contributed by atoms with Gasteiger partial charge in [-0.3, -0.25) is 0 Å². The molecule has 1 fully saturated rings. The highest BCUT2D eigenvalue weighted by Gasteiger charge is 2.30. The van der Waals surface area contributed by atoms with Crippen molar-refractivity contribution in [1.29, 1.82) is 0 Å². The van der Waals surface area contributed by atoms with E-state index in [2.05, 4.69) is 66.0 Å². The molecule has 0 aliphatic heterocycles. The molecule has 1 N–H and O–H groups in total. The lowest BCUT2D eigenvalue weighted by Gasteiger charge is -2.37. The zero-order chi connectivity index (χ0) is 12.3. The topological polar surface area (TPSA) is 21.3 Å². The van der Waals surface area contributed by atoms with E-state index in [0.717, 1.165) is 19.4 Å². The number of hydrogen-bond donors (Lipinski definition) is 1. The molecule has 0 amide bonds. The Kier molecular flexibility index (Phi) is 4.82. The molecule has 3 heteroatoms. The van der Waals surface area contributed by atoms with Gasteiger partial charge in [0.2, 0.25) is 0 Å². The van der Waals surface area contributed by atoms with Crippen LogP contribution in [0.1, 0.15) is 38.3 Å². The van der Waals surface area contributed by atoms with Crippen molar-refractivity contribution in [2.24, 2.45) is 0 Å². The second-order valence-electron chi connectivity index (χ2n) is 4.69. The summed E-state index contributed by atoms with van der Waals surface area (Å²) in [4.78, 5) is 0. The van der Waals surface area contributed by atoms with Gasteiger partial charge in [0.05, 0.1) is 6.10 Å². The maximum atomic E-state index is 5.57. The SMILES string of the molecule is CCOC1CC(NC(C)c2ccc(I)cc2)C1. The summed E-state index contributed by atoms with van der Waals surface area (Å²) in [6.45, 7) is 5.13. The molecule has 0 spiro atoms. The number of benzene rings is 1. The minimum Gasteiger partial charge on any atom is -0.378 e. The molecule has 0 bridgehead atoms. The first kappa shape index (κ1) is 13.3. The van der Waals surface area contributed by atoms with Gasteiger partial charge in [0, 0.05) is 22.3 Å². The van der Waals surface area contributed by atoms with Crippen LogP contribution in [0, 0.1) is 3.57 Å². The maximum absolute atomic E-state index is 5.57. The van der Waals surface area contributed by atoms with Crippen molar-refractivity contribution in [1.82, 2.24) is 5.32 Å². The third-order valence-electron chi connectivity index (χ3n) is 3.35. The van der Waals surface area contributed by atoms with Gasteiger partial charge in [0.15, 0.2) is 0 Å². The molecule has 0 saturated heterocycles. The normalized spacial score (nSPS) is 25.4. The Bertz CT molecular complexity index is 346. The molecule has 17 heavy (non-hydrogen) atoms. The molecule has 0 radical (unpaired) electrons. The van der Waals surface area contributed by atoms with Crippen LogP contribution in [0.25, 0.3) is 0 Å². The van der Waals surface area contributed by atoms with Crippen LogP contribution in [0.2, 0.25) is 0 Å². The summed E-state index contributed by atoms with van der Waals surface area (Å²) in [6.07, 6.45) is 2.80. The van der Waals surface area contributed by atoms with E-state index in [9.17, 15) is 0 Å². The second kappa shape index (κ2) is 6.16. The highest BCUT2D eigenvalue weighted by molar-refractivity contribution is 14.1. The summed E-state index contributed by atoms with van der Waals surface area (Å²) in [5.74, 6) is 0. The molecule has 0 heterocycles. The van der Waals surface area contributed by atoms with Crippen molar-refractivity contribution >= 4 is 22.6 Å². The van der Waals surface area contributed by atoms with Crippen molar-refractivity contribution in [3.05, 3.63) is 33.4 Å². The van der Waals surface area contributed by atoms with Crippen LogP contribution >= 0.6 is 22.6 Å². The largest absolute Gasteiger partial charge is 0.378 e. The van der Waals surface area contributed by atoms with Crippen molar-refractivity contribution in [3.8, 4) is 0 Å². The minimum absolute atomic E-state index is 0.430. The molecular formula is C14H20INO. The summed E-state index contributed by atoms with van der Waals surface area (Å²) in [7, 11) is 0. The molecule has 1 aliphatic carbocycles. The van der Waals surface area contributed by atoms with Gasteiger partial charge >= 0.3 is 0 Å². The van der Waals surface area contributed by atoms with Gasteiger partial charge in [-0.15, -0.1) is 0 Å². The van der Waals surface area contributed by atoms with Gasteiger partial charge < -0.3 is 10.1 Å². The monoisotopic (exact) mass is 345 g/mol. The summed E-state index contributed by atoms with van der Waals surface area (Å²) in [5, 5.41) is 3.66. The first-order valence-electron chi connectivity index (χ1n) is 6.32. The Hall–Kier alpha value is -0.130. The van der Waals surface area contributed by atoms with Crippen LogP contribution < -0.4 is 5.32 Å². The van der Waals surface area contributed by atoms with Crippen LogP contribution in [0.5, 0.6) is 0 Å². The number of hydrogen-bond acceptors (Lipinski definition) is 2. The lowest BCUT2D eigenvalue weighted by atomic mass is 9.88. The van der Waals surface area contributed by atoms with Gasteiger partial charge in [0.1, 0.15) is 0 Å². The summed E-state index contributed by atoms with van der Waals surface area (Å²) < 4.78 is 6.86. The average Bonchev–Trinajstić information content (AvgIpc) is 2.27. The van der Waals surface area contributed by atoms with E-state index in [4.69, 9.17) is 4.74 Å². The molecule has 0 aromatic heterocycles. The van der Waals surface area contributed by atoms with Crippen molar-refractivity contribution in [2.75, 3.05) is 6.61 Å². The van der Waals surface area contributed by atoms with Crippen LogP contribution in [-0.2, 0) is 4.74 Å². The highest BCUT2D eigenvalue weighted by Crippen LogP contribution is 2.26. The van der Waals surface area contributed by atoms with E-state index < -0.39 is 0 Å². The summed E-state index contributed by atoms with van der Waals surface area (Å²) >= 11 is 2.34. The van der Waals surface area contributed by atoms with E-state index in [0.29, 0.717) is 18.2 Å². The summed E-state index contributed by atoms with van der Waals surface area (Å²) in [5.41, 5.74) is 1.37.